The number of benzene rings is 1. The van der Waals surface area contributed by atoms with E-state index in [1.807, 2.05) is 24.3 Å². The number of fused-ring (bicyclic) bond motifs is 1. The van der Waals surface area contributed by atoms with Crippen LogP contribution in [0.3, 0.4) is 0 Å². The van der Waals surface area contributed by atoms with Gasteiger partial charge in [-0.2, -0.15) is 0 Å². The number of halogens is 2. The van der Waals surface area contributed by atoms with E-state index in [0.29, 0.717) is 5.02 Å². The Bertz CT molecular complexity index is 756. The van der Waals surface area contributed by atoms with Crippen molar-refractivity contribution in [2.45, 2.75) is 13.0 Å². The molecule has 0 radical (unpaired) electrons. The SMILES string of the molecule is CC(Nc1ccc(Cl)c2ncccc12)c1ccc(Br)s1. The van der Waals surface area contributed by atoms with Crippen LogP contribution in [0.15, 0.2) is 46.4 Å². The van der Waals surface area contributed by atoms with Crippen LogP contribution in [0.5, 0.6) is 0 Å². The number of nitrogens with one attached hydrogen (secondary N) is 1. The van der Waals surface area contributed by atoms with Gasteiger partial charge in [0.25, 0.3) is 0 Å². The maximum atomic E-state index is 6.19. The molecule has 1 unspecified atom stereocenters. The van der Waals surface area contributed by atoms with Gasteiger partial charge in [-0.1, -0.05) is 11.6 Å². The second-order valence-electron chi connectivity index (χ2n) is 4.50. The fraction of sp³-hybridized carbons (Fsp3) is 0.133. The summed E-state index contributed by atoms with van der Waals surface area (Å²) in [5.74, 6) is 0. The van der Waals surface area contributed by atoms with Gasteiger partial charge in [0.2, 0.25) is 0 Å². The van der Waals surface area contributed by atoms with Crippen LogP contribution in [-0.2, 0) is 0 Å². The zero-order chi connectivity index (χ0) is 14.1. The van der Waals surface area contributed by atoms with Crippen LogP contribution in [0.2, 0.25) is 5.02 Å². The van der Waals surface area contributed by atoms with E-state index in [2.05, 4.69) is 45.3 Å². The Hall–Kier alpha value is -1.10. The van der Waals surface area contributed by atoms with Gasteiger partial charge >= 0.3 is 0 Å². The lowest BCUT2D eigenvalue weighted by atomic mass is 10.1. The number of pyridine rings is 1. The second-order valence-corrected chi connectivity index (χ2v) is 7.40. The average molecular weight is 368 g/mol. The van der Waals surface area contributed by atoms with Crippen molar-refractivity contribution in [1.29, 1.82) is 0 Å². The number of thiophene rings is 1. The summed E-state index contributed by atoms with van der Waals surface area (Å²) in [7, 11) is 0. The monoisotopic (exact) mass is 366 g/mol. The van der Waals surface area contributed by atoms with Crippen molar-refractivity contribution in [3.05, 3.63) is 56.3 Å². The fourth-order valence-corrected chi connectivity index (χ4v) is 3.77. The molecular weight excluding hydrogens is 356 g/mol. The molecular formula is C15H12BrClN2S. The van der Waals surface area contributed by atoms with Crippen LogP contribution < -0.4 is 5.32 Å². The number of hydrogen-bond donors (Lipinski definition) is 1. The lowest BCUT2D eigenvalue weighted by Crippen LogP contribution is -2.05. The molecule has 0 aliphatic rings. The van der Waals surface area contributed by atoms with E-state index in [4.69, 9.17) is 11.6 Å². The zero-order valence-corrected chi connectivity index (χ0v) is 13.9. The van der Waals surface area contributed by atoms with Gasteiger partial charge in [0.1, 0.15) is 0 Å². The lowest BCUT2D eigenvalue weighted by Gasteiger charge is -2.16. The van der Waals surface area contributed by atoms with E-state index in [-0.39, 0.29) is 6.04 Å². The van der Waals surface area contributed by atoms with Gasteiger partial charge in [-0.25, -0.2) is 0 Å². The van der Waals surface area contributed by atoms with Crippen LogP contribution in [0.1, 0.15) is 17.8 Å². The Morgan fingerprint density at radius 3 is 2.85 bits per heavy atom. The Balaban J connectivity index is 1.97. The summed E-state index contributed by atoms with van der Waals surface area (Å²) in [6, 6.07) is 12.3. The minimum Gasteiger partial charge on any atom is -0.377 e. The van der Waals surface area contributed by atoms with Crippen LogP contribution in [0, 0.1) is 0 Å². The molecule has 0 saturated carbocycles. The first kappa shape index (κ1) is 13.9. The third kappa shape index (κ3) is 2.68. The summed E-state index contributed by atoms with van der Waals surface area (Å²) in [5.41, 5.74) is 1.88. The summed E-state index contributed by atoms with van der Waals surface area (Å²) in [6.07, 6.45) is 1.76. The van der Waals surface area contributed by atoms with Gasteiger partial charge < -0.3 is 5.32 Å². The van der Waals surface area contributed by atoms with Crippen molar-refractivity contribution in [2.24, 2.45) is 0 Å². The van der Waals surface area contributed by atoms with Crippen LogP contribution in [-0.4, -0.2) is 4.98 Å². The molecule has 2 aromatic heterocycles. The zero-order valence-electron chi connectivity index (χ0n) is 10.7. The molecule has 0 fully saturated rings. The van der Waals surface area contributed by atoms with Gasteiger partial charge in [0, 0.05) is 22.1 Å². The van der Waals surface area contributed by atoms with Crippen molar-refractivity contribution in [2.75, 3.05) is 5.32 Å². The van der Waals surface area contributed by atoms with Crippen LogP contribution in [0.25, 0.3) is 10.9 Å². The fourth-order valence-electron chi connectivity index (χ4n) is 2.13. The Labute approximate surface area is 134 Å². The topological polar surface area (TPSA) is 24.9 Å². The molecule has 1 aromatic carbocycles. The maximum absolute atomic E-state index is 6.19. The molecule has 0 aliphatic heterocycles. The molecule has 102 valence electrons. The number of anilines is 1. The van der Waals surface area contributed by atoms with Gasteiger partial charge in [0.05, 0.1) is 20.4 Å². The van der Waals surface area contributed by atoms with E-state index in [0.717, 1.165) is 20.4 Å². The highest BCUT2D eigenvalue weighted by Crippen LogP contribution is 2.33. The Morgan fingerprint density at radius 2 is 2.10 bits per heavy atom. The molecule has 2 nitrogen and oxygen atoms in total. The summed E-state index contributed by atoms with van der Waals surface area (Å²) in [4.78, 5) is 5.63. The summed E-state index contributed by atoms with van der Waals surface area (Å²) in [6.45, 7) is 2.15. The number of aromatic nitrogens is 1. The normalized spacial score (nSPS) is 12.6. The average Bonchev–Trinajstić information content (AvgIpc) is 2.89. The second kappa shape index (κ2) is 5.72. The number of nitrogens with zero attached hydrogens (tertiary/aromatic N) is 1. The Morgan fingerprint density at radius 1 is 1.25 bits per heavy atom. The molecule has 0 amide bonds. The maximum Gasteiger partial charge on any atom is 0.0908 e. The summed E-state index contributed by atoms with van der Waals surface area (Å²) in [5, 5.41) is 5.26. The summed E-state index contributed by atoms with van der Waals surface area (Å²) < 4.78 is 1.14. The number of hydrogen-bond acceptors (Lipinski definition) is 3. The molecule has 0 aliphatic carbocycles. The van der Waals surface area contributed by atoms with Crippen molar-refractivity contribution >= 4 is 55.5 Å². The van der Waals surface area contributed by atoms with Crippen LogP contribution in [0.4, 0.5) is 5.69 Å². The minimum atomic E-state index is 0.232. The highest BCUT2D eigenvalue weighted by Gasteiger charge is 2.11. The predicted octanol–water partition coefficient (Wildman–Crippen LogP) is 5.89. The molecule has 5 heteroatoms. The molecule has 0 spiro atoms. The third-order valence-electron chi connectivity index (χ3n) is 3.11. The van der Waals surface area contributed by atoms with Crippen molar-refractivity contribution in [3.8, 4) is 0 Å². The largest absolute Gasteiger partial charge is 0.377 e. The third-order valence-corrected chi connectivity index (χ3v) is 5.22. The first-order valence-electron chi connectivity index (χ1n) is 6.20. The van der Waals surface area contributed by atoms with Gasteiger partial charge in [-0.05, 0) is 59.3 Å². The Kier molecular flexibility index (Phi) is 3.96. The summed E-state index contributed by atoms with van der Waals surface area (Å²) >= 11 is 11.4. The van der Waals surface area contributed by atoms with Gasteiger partial charge in [-0.3, -0.25) is 4.98 Å². The molecule has 0 saturated heterocycles. The first-order chi connectivity index (χ1) is 9.65. The predicted molar refractivity (Wildman–Crippen MR) is 90.8 cm³/mol. The van der Waals surface area contributed by atoms with E-state index < -0.39 is 0 Å². The molecule has 2 heterocycles. The number of rotatable bonds is 3. The standard InChI is InChI=1S/C15H12BrClN2S/c1-9(13-6-7-14(16)20-13)19-12-5-4-11(17)15-10(12)3-2-8-18-15/h2-9,19H,1H3. The van der Waals surface area contributed by atoms with E-state index >= 15 is 0 Å². The smallest absolute Gasteiger partial charge is 0.0908 e. The quantitative estimate of drug-likeness (QED) is 0.624. The molecule has 3 rings (SSSR count). The molecule has 1 N–H and O–H groups in total. The first-order valence-corrected chi connectivity index (χ1v) is 8.19. The van der Waals surface area contributed by atoms with Crippen molar-refractivity contribution in [3.63, 3.8) is 0 Å². The van der Waals surface area contributed by atoms with E-state index in [1.54, 1.807) is 17.5 Å². The highest BCUT2D eigenvalue weighted by atomic mass is 79.9. The van der Waals surface area contributed by atoms with Gasteiger partial charge in [0.15, 0.2) is 0 Å². The van der Waals surface area contributed by atoms with Gasteiger partial charge in [-0.15, -0.1) is 11.3 Å². The lowest BCUT2D eigenvalue weighted by molar-refractivity contribution is 0.910. The molecule has 3 aromatic rings. The minimum absolute atomic E-state index is 0.232. The molecule has 0 bridgehead atoms. The van der Waals surface area contributed by atoms with E-state index in [9.17, 15) is 0 Å². The van der Waals surface area contributed by atoms with Crippen LogP contribution >= 0.6 is 38.9 Å². The highest BCUT2D eigenvalue weighted by molar-refractivity contribution is 9.11. The van der Waals surface area contributed by atoms with Crippen molar-refractivity contribution < 1.29 is 0 Å². The van der Waals surface area contributed by atoms with E-state index in [1.165, 1.54) is 4.88 Å². The molecule has 20 heavy (non-hydrogen) atoms. The molecule has 1 atom stereocenters. The van der Waals surface area contributed by atoms with Crippen molar-refractivity contribution in [1.82, 2.24) is 4.98 Å².